The standard InChI is InChI=1S/C14H11F3N2O/c1-8-12(9(2)20)7-18-13(19-8)10-4-3-5-11(6-10)14(15,16)17/h3-7H,1-2H3. The Morgan fingerprint density at radius 3 is 2.50 bits per heavy atom. The van der Waals surface area contributed by atoms with Crippen molar-refractivity contribution in [3.63, 3.8) is 0 Å². The van der Waals surface area contributed by atoms with Gasteiger partial charge in [-0.2, -0.15) is 13.2 Å². The molecule has 1 aromatic heterocycles. The third kappa shape index (κ3) is 2.84. The number of alkyl halides is 3. The van der Waals surface area contributed by atoms with Gasteiger partial charge < -0.3 is 0 Å². The lowest BCUT2D eigenvalue weighted by atomic mass is 10.1. The van der Waals surface area contributed by atoms with Gasteiger partial charge in [-0.1, -0.05) is 12.1 Å². The molecule has 0 aliphatic heterocycles. The number of rotatable bonds is 2. The lowest BCUT2D eigenvalue weighted by Gasteiger charge is -2.09. The Kier molecular flexibility index (Phi) is 3.57. The minimum absolute atomic E-state index is 0.165. The zero-order chi connectivity index (χ0) is 14.9. The van der Waals surface area contributed by atoms with Gasteiger partial charge in [-0.15, -0.1) is 0 Å². The van der Waals surface area contributed by atoms with Crippen LogP contribution in [0.2, 0.25) is 0 Å². The minimum atomic E-state index is -4.41. The molecule has 6 heteroatoms. The minimum Gasteiger partial charge on any atom is -0.294 e. The van der Waals surface area contributed by atoms with Gasteiger partial charge in [-0.3, -0.25) is 4.79 Å². The molecule has 1 heterocycles. The fraction of sp³-hybridized carbons (Fsp3) is 0.214. The maximum absolute atomic E-state index is 12.6. The van der Waals surface area contributed by atoms with Crippen LogP contribution in [0.15, 0.2) is 30.5 Å². The molecule has 0 saturated heterocycles. The molecule has 3 nitrogen and oxygen atoms in total. The first-order chi connectivity index (χ1) is 9.29. The second kappa shape index (κ2) is 5.03. The lowest BCUT2D eigenvalue weighted by molar-refractivity contribution is -0.137. The maximum atomic E-state index is 12.6. The molecule has 0 amide bonds. The molecule has 0 aliphatic carbocycles. The van der Waals surface area contributed by atoms with E-state index in [1.54, 1.807) is 6.92 Å². The van der Waals surface area contributed by atoms with Gasteiger partial charge in [0, 0.05) is 11.8 Å². The average Bonchev–Trinajstić information content (AvgIpc) is 2.37. The van der Waals surface area contributed by atoms with Gasteiger partial charge in [0.2, 0.25) is 0 Å². The second-order valence-electron chi connectivity index (χ2n) is 4.33. The van der Waals surface area contributed by atoms with Crippen molar-refractivity contribution >= 4 is 5.78 Å². The van der Waals surface area contributed by atoms with Crippen molar-refractivity contribution in [2.75, 3.05) is 0 Å². The number of ketones is 1. The number of aryl methyl sites for hydroxylation is 1. The van der Waals surface area contributed by atoms with E-state index in [9.17, 15) is 18.0 Å². The van der Waals surface area contributed by atoms with Gasteiger partial charge in [0.05, 0.1) is 16.8 Å². The highest BCUT2D eigenvalue weighted by atomic mass is 19.4. The summed E-state index contributed by atoms with van der Waals surface area (Å²) in [5, 5.41) is 0. The molecular formula is C14H11F3N2O. The number of hydrogen-bond acceptors (Lipinski definition) is 3. The molecular weight excluding hydrogens is 269 g/mol. The number of benzene rings is 1. The van der Waals surface area contributed by atoms with E-state index in [2.05, 4.69) is 9.97 Å². The molecule has 1 aromatic carbocycles. The molecule has 20 heavy (non-hydrogen) atoms. The number of nitrogens with zero attached hydrogens (tertiary/aromatic N) is 2. The number of Topliss-reactive ketones (excluding diaryl/α,β-unsaturated/α-hetero) is 1. The van der Waals surface area contributed by atoms with Crippen LogP contribution in [-0.2, 0) is 6.18 Å². The first-order valence-corrected chi connectivity index (χ1v) is 5.81. The van der Waals surface area contributed by atoms with Crippen molar-refractivity contribution < 1.29 is 18.0 Å². The van der Waals surface area contributed by atoms with E-state index < -0.39 is 11.7 Å². The predicted octanol–water partition coefficient (Wildman–Crippen LogP) is 3.67. The normalized spacial score (nSPS) is 11.4. The van der Waals surface area contributed by atoms with E-state index in [0.717, 1.165) is 12.1 Å². The van der Waals surface area contributed by atoms with Crippen LogP contribution >= 0.6 is 0 Å². The van der Waals surface area contributed by atoms with Gasteiger partial charge >= 0.3 is 6.18 Å². The van der Waals surface area contributed by atoms with Crippen LogP contribution < -0.4 is 0 Å². The Morgan fingerprint density at radius 2 is 1.95 bits per heavy atom. The summed E-state index contributed by atoms with van der Waals surface area (Å²) in [6, 6.07) is 4.77. The zero-order valence-electron chi connectivity index (χ0n) is 10.8. The number of hydrogen-bond donors (Lipinski definition) is 0. The fourth-order valence-corrected chi connectivity index (χ4v) is 1.79. The molecule has 2 rings (SSSR count). The van der Waals surface area contributed by atoms with Crippen LogP contribution in [0.4, 0.5) is 13.2 Å². The summed E-state index contributed by atoms with van der Waals surface area (Å²) in [6.07, 6.45) is -3.08. The Balaban J connectivity index is 2.47. The van der Waals surface area contributed by atoms with Crippen molar-refractivity contribution in [3.05, 3.63) is 47.3 Å². The van der Waals surface area contributed by atoms with Crippen molar-refractivity contribution in [1.29, 1.82) is 0 Å². The highest BCUT2D eigenvalue weighted by molar-refractivity contribution is 5.94. The van der Waals surface area contributed by atoms with Crippen LogP contribution in [0.1, 0.15) is 28.5 Å². The van der Waals surface area contributed by atoms with E-state index >= 15 is 0 Å². The van der Waals surface area contributed by atoms with Crippen LogP contribution in [-0.4, -0.2) is 15.8 Å². The zero-order valence-corrected chi connectivity index (χ0v) is 10.8. The van der Waals surface area contributed by atoms with Crippen molar-refractivity contribution in [2.24, 2.45) is 0 Å². The van der Waals surface area contributed by atoms with Gasteiger partial charge in [-0.25, -0.2) is 9.97 Å². The first kappa shape index (κ1) is 14.2. The van der Waals surface area contributed by atoms with Crippen molar-refractivity contribution in [1.82, 2.24) is 9.97 Å². The molecule has 0 saturated carbocycles. The van der Waals surface area contributed by atoms with Crippen molar-refractivity contribution in [2.45, 2.75) is 20.0 Å². The van der Waals surface area contributed by atoms with Crippen LogP contribution in [0, 0.1) is 6.92 Å². The Hall–Kier alpha value is -2.24. The average molecular weight is 280 g/mol. The molecule has 0 atom stereocenters. The first-order valence-electron chi connectivity index (χ1n) is 5.81. The quantitative estimate of drug-likeness (QED) is 0.788. The summed E-state index contributed by atoms with van der Waals surface area (Å²) in [7, 11) is 0. The lowest BCUT2D eigenvalue weighted by Crippen LogP contribution is -2.06. The predicted molar refractivity (Wildman–Crippen MR) is 67.2 cm³/mol. The second-order valence-corrected chi connectivity index (χ2v) is 4.33. The Bertz CT molecular complexity index is 666. The SMILES string of the molecule is CC(=O)c1cnc(-c2cccc(C(F)(F)F)c2)nc1C. The molecule has 0 aliphatic rings. The van der Waals surface area contributed by atoms with E-state index in [1.807, 2.05) is 0 Å². The number of aromatic nitrogens is 2. The summed E-state index contributed by atoms with van der Waals surface area (Å²) in [6.45, 7) is 3.01. The smallest absolute Gasteiger partial charge is 0.294 e. The van der Waals surface area contributed by atoms with E-state index in [4.69, 9.17) is 0 Å². The van der Waals surface area contributed by atoms with E-state index in [-0.39, 0.29) is 17.2 Å². The van der Waals surface area contributed by atoms with Gasteiger partial charge in [0.1, 0.15) is 0 Å². The third-order valence-electron chi connectivity index (χ3n) is 2.81. The molecule has 2 aromatic rings. The largest absolute Gasteiger partial charge is 0.416 e. The van der Waals surface area contributed by atoms with Crippen LogP contribution in [0.3, 0.4) is 0 Å². The summed E-state index contributed by atoms with van der Waals surface area (Å²) < 4.78 is 37.9. The monoisotopic (exact) mass is 280 g/mol. The Labute approximate surface area is 113 Å². The molecule has 0 spiro atoms. The molecule has 0 unspecified atom stereocenters. The maximum Gasteiger partial charge on any atom is 0.416 e. The van der Waals surface area contributed by atoms with E-state index in [1.165, 1.54) is 25.3 Å². The number of halogens is 3. The van der Waals surface area contributed by atoms with Crippen LogP contribution in [0.25, 0.3) is 11.4 Å². The highest BCUT2D eigenvalue weighted by Gasteiger charge is 2.30. The summed E-state index contributed by atoms with van der Waals surface area (Å²) >= 11 is 0. The summed E-state index contributed by atoms with van der Waals surface area (Å²) in [5.41, 5.74) is 0.311. The van der Waals surface area contributed by atoms with Crippen molar-refractivity contribution in [3.8, 4) is 11.4 Å². The van der Waals surface area contributed by atoms with E-state index in [0.29, 0.717) is 11.3 Å². The third-order valence-corrected chi connectivity index (χ3v) is 2.81. The van der Waals surface area contributed by atoms with Crippen LogP contribution in [0.5, 0.6) is 0 Å². The molecule has 0 fully saturated rings. The molecule has 0 radical (unpaired) electrons. The summed E-state index contributed by atoms with van der Waals surface area (Å²) in [5.74, 6) is -0.0170. The topological polar surface area (TPSA) is 42.9 Å². The van der Waals surface area contributed by atoms with Gasteiger partial charge in [0.15, 0.2) is 11.6 Å². The van der Waals surface area contributed by atoms with Gasteiger partial charge in [-0.05, 0) is 26.0 Å². The molecule has 0 bridgehead atoms. The Morgan fingerprint density at radius 1 is 1.25 bits per heavy atom. The summed E-state index contributed by atoms with van der Waals surface area (Å²) in [4.78, 5) is 19.3. The number of carbonyl (C=O) groups excluding carboxylic acids is 1. The van der Waals surface area contributed by atoms with Gasteiger partial charge in [0.25, 0.3) is 0 Å². The number of carbonyl (C=O) groups is 1. The fourth-order valence-electron chi connectivity index (χ4n) is 1.79. The molecule has 0 N–H and O–H groups in total. The molecule has 104 valence electrons. The highest BCUT2D eigenvalue weighted by Crippen LogP contribution is 2.31.